The highest BCUT2D eigenvalue weighted by atomic mass is 16.4. The molecule has 1 aliphatic heterocycles. The molecule has 7 heteroatoms. The van der Waals surface area contributed by atoms with Crippen LogP contribution < -0.4 is 0 Å². The molecule has 0 bridgehead atoms. The molecule has 2 N–H and O–H groups in total. The van der Waals surface area contributed by atoms with E-state index in [1.807, 2.05) is 24.5 Å². The zero-order valence-corrected chi connectivity index (χ0v) is 14.4. The molecule has 0 saturated carbocycles. The fraction of sp³-hybridized carbons (Fsp3) is 0.316. The first-order valence-electron chi connectivity index (χ1n) is 8.82. The van der Waals surface area contributed by atoms with E-state index >= 15 is 0 Å². The van der Waals surface area contributed by atoms with Crippen molar-refractivity contribution in [2.45, 2.75) is 31.8 Å². The molecule has 4 rings (SSSR count). The second-order valence-electron chi connectivity index (χ2n) is 6.61. The van der Waals surface area contributed by atoms with Crippen LogP contribution in [0.15, 0.2) is 48.9 Å². The number of hydrogen-bond acceptors (Lipinski definition) is 4. The molecular weight excluding hydrogens is 330 g/mol. The van der Waals surface area contributed by atoms with Crippen molar-refractivity contribution in [3.05, 3.63) is 65.7 Å². The van der Waals surface area contributed by atoms with Crippen molar-refractivity contribution in [1.29, 1.82) is 0 Å². The van der Waals surface area contributed by atoms with Gasteiger partial charge in [-0.15, -0.1) is 0 Å². The molecule has 3 heterocycles. The number of benzene rings is 1. The summed E-state index contributed by atoms with van der Waals surface area (Å²) in [5.74, 6) is -0.951. The number of aromatic nitrogens is 4. The minimum absolute atomic E-state index is 0.246. The Morgan fingerprint density at radius 1 is 1.27 bits per heavy atom. The van der Waals surface area contributed by atoms with Gasteiger partial charge >= 0.3 is 5.97 Å². The third-order valence-corrected chi connectivity index (χ3v) is 4.90. The topological polar surface area (TPSA) is 87.0 Å². The molecule has 1 aliphatic rings. The van der Waals surface area contributed by atoms with Crippen molar-refractivity contribution in [2.24, 2.45) is 0 Å². The van der Waals surface area contributed by atoms with Gasteiger partial charge in [0, 0.05) is 24.5 Å². The van der Waals surface area contributed by atoms with E-state index in [0.29, 0.717) is 11.7 Å². The molecule has 0 aliphatic carbocycles. The highest BCUT2D eigenvalue weighted by Gasteiger charge is 2.25. The summed E-state index contributed by atoms with van der Waals surface area (Å²) in [5, 5.41) is 20.9. The number of carbonyl (C=O) groups is 1. The van der Waals surface area contributed by atoms with E-state index in [2.05, 4.69) is 20.2 Å². The van der Waals surface area contributed by atoms with Crippen LogP contribution in [0, 0.1) is 0 Å². The van der Waals surface area contributed by atoms with Gasteiger partial charge in [0.25, 0.3) is 0 Å². The second-order valence-corrected chi connectivity index (χ2v) is 6.61. The number of aromatic carboxylic acids is 1. The Bertz CT molecular complexity index is 887. The third-order valence-electron chi connectivity index (χ3n) is 4.90. The SMILES string of the molecule is O=C(O)c1ccccc1-n1cc(CN2CCCCC2c2ccn[nH]2)cn1. The first-order chi connectivity index (χ1) is 12.7. The Labute approximate surface area is 151 Å². The van der Waals surface area contributed by atoms with Crippen molar-refractivity contribution in [1.82, 2.24) is 24.9 Å². The highest BCUT2D eigenvalue weighted by Crippen LogP contribution is 2.31. The monoisotopic (exact) mass is 351 g/mol. The van der Waals surface area contributed by atoms with Crippen LogP contribution in [0.25, 0.3) is 5.69 Å². The number of H-pyrrole nitrogens is 1. The molecule has 7 nitrogen and oxygen atoms in total. The van der Waals surface area contributed by atoms with Crippen LogP contribution in [0.3, 0.4) is 0 Å². The van der Waals surface area contributed by atoms with Gasteiger partial charge in [0.2, 0.25) is 0 Å². The Kier molecular flexibility index (Phi) is 4.53. The van der Waals surface area contributed by atoms with E-state index in [1.54, 1.807) is 29.1 Å². The van der Waals surface area contributed by atoms with Gasteiger partial charge in [-0.2, -0.15) is 10.2 Å². The van der Waals surface area contributed by atoms with Crippen LogP contribution in [-0.2, 0) is 6.54 Å². The van der Waals surface area contributed by atoms with E-state index in [0.717, 1.165) is 30.8 Å². The van der Waals surface area contributed by atoms with Crippen LogP contribution in [0.2, 0.25) is 0 Å². The minimum atomic E-state index is -0.951. The number of piperidine rings is 1. The molecule has 0 amide bonds. The molecule has 26 heavy (non-hydrogen) atoms. The maximum atomic E-state index is 11.4. The molecule has 134 valence electrons. The van der Waals surface area contributed by atoms with Crippen LogP contribution in [0.5, 0.6) is 0 Å². The lowest BCUT2D eigenvalue weighted by Gasteiger charge is -2.34. The summed E-state index contributed by atoms with van der Waals surface area (Å²) in [6.07, 6.45) is 9.03. The van der Waals surface area contributed by atoms with Crippen molar-refractivity contribution in [3.8, 4) is 5.69 Å². The van der Waals surface area contributed by atoms with Gasteiger partial charge in [-0.3, -0.25) is 10.00 Å². The van der Waals surface area contributed by atoms with Crippen LogP contribution >= 0.6 is 0 Å². The van der Waals surface area contributed by atoms with E-state index in [4.69, 9.17) is 0 Å². The molecular formula is C19H21N5O2. The van der Waals surface area contributed by atoms with E-state index in [-0.39, 0.29) is 5.56 Å². The number of nitrogens with one attached hydrogen (secondary N) is 1. The lowest BCUT2D eigenvalue weighted by molar-refractivity contribution is 0.0696. The molecule has 1 aromatic carbocycles. The summed E-state index contributed by atoms with van der Waals surface area (Å²) in [6.45, 7) is 1.81. The number of carboxylic acid groups (broad SMARTS) is 1. The van der Waals surface area contributed by atoms with Crippen molar-refractivity contribution < 1.29 is 9.90 Å². The van der Waals surface area contributed by atoms with Crippen LogP contribution in [0.4, 0.5) is 0 Å². The Balaban J connectivity index is 1.56. The van der Waals surface area contributed by atoms with Gasteiger partial charge in [0.05, 0.1) is 29.2 Å². The number of aromatic amines is 1. The number of nitrogens with zero attached hydrogens (tertiary/aromatic N) is 4. The standard InChI is InChI=1S/C19H21N5O2/c25-19(26)15-5-1-2-6-17(15)24-13-14(11-21-24)12-23-10-4-3-7-18(23)16-8-9-20-22-16/h1-2,5-6,8-9,11,13,18H,3-4,7,10,12H2,(H,20,22)(H,25,26). The average Bonchev–Trinajstić information content (AvgIpc) is 3.34. The number of carboxylic acids is 1. The minimum Gasteiger partial charge on any atom is -0.478 e. The maximum Gasteiger partial charge on any atom is 0.337 e. The third kappa shape index (κ3) is 3.25. The first kappa shape index (κ1) is 16.5. The van der Waals surface area contributed by atoms with Gasteiger partial charge in [0.1, 0.15) is 0 Å². The van der Waals surface area contributed by atoms with Crippen molar-refractivity contribution >= 4 is 5.97 Å². The largest absolute Gasteiger partial charge is 0.478 e. The number of para-hydroxylation sites is 1. The van der Waals surface area contributed by atoms with Crippen molar-refractivity contribution in [2.75, 3.05) is 6.54 Å². The van der Waals surface area contributed by atoms with Gasteiger partial charge < -0.3 is 5.11 Å². The average molecular weight is 351 g/mol. The quantitative estimate of drug-likeness (QED) is 0.738. The van der Waals surface area contributed by atoms with Crippen molar-refractivity contribution in [3.63, 3.8) is 0 Å². The predicted octanol–water partition coefficient (Wildman–Crippen LogP) is 3.02. The number of hydrogen-bond donors (Lipinski definition) is 2. The molecule has 3 aromatic rings. The summed E-state index contributed by atoms with van der Waals surface area (Å²) in [4.78, 5) is 13.9. The summed E-state index contributed by atoms with van der Waals surface area (Å²) in [7, 11) is 0. The Hall–Kier alpha value is -2.93. The van der Waals surface area contributed by atoms with Gasteiger partial charge in [-0.25, -0.2) is 9.48 Å². The molecule has 1 atom stereocenters. The molecule has 0 radical (unpaired) electrons. The fourth-order valence-electron chi connectivity index (χ4n) is 3.65. The zero-order valence-electron chi connectivity index (χ0n) is 14.4. The molecule has 1 unspecified atom stereocenters. The second kappa shape index (κ2) is 7.13. The number of likely N-dealkylation sites (tertiary alicyclic amines) is 1. The zero-order chi connectivity index (χ0) is 17.9. The predicted molar refractivity (Wildman–Crippen MR) is 96.1 cm³/mol. The molecule has 2 aromatic heterocycles. The van der Waals surface area contributed by atoms with E-state index in [9.17, 15) is 9.90 Å². The normalized spacial score (nSPS) is 18.1. The van der Waals surface area contributed by atoms with E-state index < -0.39 is 5.97 Å². The lowest BCUT2D eigenvalue weighted by Crippen LogP contribution is -2.33. The summed E-state index contributed by atoms with van der Waals surface area (Å²) in [6, 6.07) is 9.28. The highest BCUT2D eigenvalue weighted by molar-refractivity contribution is 5.91. The summed E-state index contributed by atoms with van der Waals surface area (Å²) < 4.78 is 1.65. The maximum absolute atomic E-state index is 11.4. The first-order valence-corrected chi connectivity index (χ1v) is 8.82. The molecule has 0 spiro atoms. The Morgan fingerprint density at radius 3 is 2.96 bits per heavy atom. The summed E-state index contributed by atoms with van der Waals surface area (Å²) >= 11 is 0. The van der Waals surface area contributed by atoms with Crippen LogP contribution in [-0.4, -0.2) is 42.5 Å². The smallest absolute Gasteiger partial charge is 0.337 e. The summed E-state index contributed by atoms with van der Waals surface area (Å²) in [5.41, 5.74) is 3.04. The lowest BCUT2D eigenvalue weighted by atomic mass is 9.99. The van der Waals surface area contributed by atoms with Gasteiger partial charge in [-0.1, -0.05) is 18.6 Å². The molecule has 1 fully saturated rings. The van der Waals surface area contributed by atoms with Gasteiger partial charge in [0.15, 0.2) is 0 Å². The fourth-order valence-corrected chi connectivity index (χ4v) is 3.65. The number of rotatable bonds is 5. The molecule has 1 saturated heterocycles. The van der Waals surface area contributed by atoms with Crippen LogP contribution in [0.1, 0.15) is 46.9 Å². The van der Waals surface area contributed by atoms with E-state index in [1.165, 1.54) is 12.8 Å². The Morgan fingerprint density at radius 2 is 2.15 bits per heavy atom. The van der Waals surface area contributed by atoms with Gasteiger partial charge in [-0.05, 0) is 37.6 Å².